The zero-order valence-electron chi connectivity index (χ0n) is 9.42. The van der Waals surface area contributed by atoms with Crippen LogP contribution in [0.4, 0.5) is 0 Å². The summed E-state index contributed by atoms with van der Waals surface area (Å²) in [6.07, 6.45) is 6.81. The Morgan fingerprint density at radius 3 is 3.00 bits per heavy atom. The standard InChI is InChI=1S/C14H19N/c1-15-14-9-5-4-7-12(14)10-11-6-2-3-8-13(11)14/h2-3,6,8,12,15H,4-5,7,9-10H2,1H3/t12?,14-/m1/s1. The summed E-state index contributed by atoms with van der Waals surface area (Å²) in [7, 11) is 2.14. The highest BCUT2D eigenvalue weighted by Crippen LogP contribution is 2.49. The number of hydrogen-bond donors (Lipinski definition) is 1. The van der Waals surface area contributed by atoms with Gasteiger partial charge in [0.05, 0.1) is 0 Å². The molecule has 15 heavy (non-hydrogen) atoms. The van der Waals surface area contributed by atoms with E-state index in [9.17, 15) is 0 Å². The largest absolute Gasteiger partial charge is 0.310 e. The van der Waals surface area contributed by atoms with Gasteiger partial charge in [-0.25, -0.2) is 0 Å². The molecular weight excluding hydrogens is 182 g/mol. The fraction of sp³-hybridized carbons (Fsp3) is 0.571. The van der Waals surface area contributed by atoms with Crippen molar-refractivity contribution in [2.24, 2.45) is 5.92 Å². The minimum Gasteiger partial charge on any atom is -0.310 e. The highest BCUT2D eigenvalue weighted by molar-refractivity contribution is 5.40. The molecule has 3 rings (SSSR count). The number of hydrogen-bond acceptors (Lipinski definition) is 1. The van der Waals surface area contributed by atoms with E-state index in [1.807, 2.05) is 0 Å². The van der Waals surface area contributed by atoms with Gasteiger partial charge in [0.1, 0.15) is 0 Å². The third-order valence-corrected chi connectivity index (χ3v) is 4.48. The van der Waals surface area contributed by atoms with Crippen molar-refractivity contribution in [3.8, 4) is 0 Å². The van der Waals surface area contributed by atoms with Crippen molar-refractivity contribution in [1.82, 2.24) is 5.32 Å². The van der Waals surface area contributed by atoms with Gasteiger partial charge in [-0.05, 0) is 43.4 Å². The molecule has 1 nitrogen and oxygen atoms in total. The summed E-state index contributed by atoms with van der Waals surface area (Å²) in [4.78, 5) is 0. The Labute approximate surface area is 91.9 Å². The van der Waals surface area contributed by atoms with Crippen LogP contribution in [0.15, 0.2) is 24.3 Å². The van der Waals surface area contributed by atoms with Gasteiger partial charge in [0.25, 0.3) is 0 Å². The van der Waals surface area contributed by atoms with Crippen molar-refractivity contribution in [1.29, 1.82) is 0 Å². The lowest BCUT2D eigenvalue weighted by Gasteiger charge is -2.40. The molecule has 0 heterocycles. The van der Waals surface area contributed by atoms with Crippen LogP contribution in [0.3, 0.4) is 0 Å². The van der Waals surface area contributed by atoms with E-state index in [2.05, 4.69) is 36.6 Å². The summed E-state index contributed by atoms with van der Waals surface area (Å²) < 4.78 is 0. The lowest BCUT2D eigenvalue weighted by Crippen LogP contribution is -2.45. The molecule has 0 bridgehead atoms. The Bertz CT molecular complexity index is 371. The summed E-state index contributed by atoms with van der Waals surface area (Å²) in [6, 6.07) is 9.01. The lowest BCUT2D eigenvalue weighted by molar-refractivity contribution is 0.171. The molecule has 0 amide bonds. The van der Waals surface area contributed by atoms with Gasteiger partial charge in [-0.1, -0.05) is 37.1 Å². The number of nitrogens with one attached hydrogen (secondary N) is 1. The van der Waals surface area contributed by atoms with E-state index in [1.54, 1.807) is 11.1 Å². The molecule has 1 N–H and O–H groups in total. The van der Waals surface area contributed by atoms with Gasteiger partial charge in [-0.2, -0.15) is 0 Å². The summed E-state index contributed by atoms with van der Waals surface area (Å²) >= 11 is 0. The maximum Gasteiger partial charge on any atom is 0.0466 e. The molecule has 80 valence electrons. The highest BCUT2D eigenvalue weighted by atomic mass is 15.0. The van der Waals surface area contributed by atoms with E-state index >= 15 is 0 Å². The normalized spacial score (nSPS) is 33.5. The molecule has 2 aliphatic carbocycles. The van der Waals surface area contributed by atoms with Crippen molar-refractivity contribution in [2.45, 2.75) is 37.6 Å². The predicted molar refractivity (Wildman–Crippen MR) is 62.8 cm³/mol. The van der Waals surface area contributed by atoms with Gasteiger partial charge in [0.15, 0.2) is 0 Å². The van der Waals surface area contributed by atoms with Crippen LogP contribution in [-0.4, -0.2) is 7.05 Å². The quantitative estimate of drug-likeness (QED) is 0.736. The van der Waals surface area contributed by atoms with E-state index in [1.165, 1.54) is 32.1 Å². The molecule has 0 aromatic heterocycles. The fourth-order valence-corrected chi connectivity index (χ4v) is 3.74. The first kappa shape index (κ1) is 9.41. The van der Waals surface area contributed by atoms with E-state index in [0.29, 0.717) is 5.54 Å². The predicted octanol–water partition coefficient (Wildman–Crippen LogP) is 2.85. The maximum atomic E-state index is 3.64. The second-order valence-corrected chi connectivity index (χ2v) is 5.03. The van der Waals surface area contributed by atoms with Crippen LogP contribution >= 0.6 is 0 Å². The molecule has 0 saturated heterocycles. The monoisotopic (exact) mass is 201 g/mol. The molecule has 0 aliphatic heterocycles. The first-order valence-corrected chi connectivity index (χ1v) is 6.14. The molecule has 0 spiro atoms. The van der Waals surface area contributed by atoms with Crippen LogP contribution in [0.25, 0.3) is 0 Å². The van der Waals surface area contributed by atoms with Gasteiger partial charge < -0.3 is 5.32 Å². The molecular formula is C14H19N. The third kappa shape index (κ3) is 1.19. The molecule has 1 saturated carbocycles. The average molecular weight is 201 g/mol. The molecule has 2 aliphatic rings. The van der Waals surface area contributed by atoms with Crippen LogP contribution in [0, 0.1) is 5.92 Å². The van der Waals surface area contributed by atoms with Crippen molar-refractivity contribution >= 4 is 0 Å². The summed E-state index contributed by atoms with van der Waals surface area (Å²) in [5.74, 6) is 0.841. The maximum absolute atomic E-state index is 3.64. The lowest BCUT2D eigenvalue weighted by atomic mass is 9.73. The van der Waals surface area contributed by atoms with Crippen LogP contribution in [0.1, 0.15) is 36.8 Å². The topological polar surface area (TPSA) is 12.0 Å². The van der Waals surface area contributed by atoms with E-state index in [0.717, 1.165) is 5.92 Å². The average Bonchev–Trinajstić information content (AvgIpc) is 2.64. The molecule has 1 fully saturated rings. The van der Waals surface area contributed by atoms with Gasteiger partial charge in [0, 0.05) is 5.54 Å². The third-order valence-electron chi connectivity index (χ3n) is 4.48. The highest BCUT2D eigenvalue weighted by Gasteiger charge is 2.46. The molecule has 0 radical (unpaired) electrons. The number of benzene rings is 1. The molecule has 1 aromatic rings. The Morgan fingerprint density at radius 2 is 2.13 bits per heavy atom. The smallest absolute Gasteiger partial charge is 0.0466 e. The summed E-state index contributed by atoms with van der Waals surface area (Å²) in [5.41, 5.74) is 3.48. The molecule has 1 heteroatoms. The zero-order valence-corrected chi connectivity index (χ0v) is 9.42. The van der Waals surface area contributed by atoms with Crippen molar-refractivity contribution in [3.05, 3.63) is 35.4 Å². The fourth-order valence-electron chi connectivity index (χ4n) is 3.74. The minimum atomic E-state index is 0.314. The van der Waals surface area contributed by atoms with Crippen molar-refractivity contribution < 1.29 is 0 Å². The second-order valence-electron chi connectivity index (χ2n) is 5.03. The second kappa shape index (κ2) is 3.34. The Kier molecular flexibility index (Phi) is 2.10. The van der Waals surface area contributed by atoms with Crippen LogP contribution < -0.4 is 5.32 Å². The summed E-state index contributed by atoms with van der Waals surface area (Å²) in [5, 5.41) is 3.64. The Morgan fingerprint density at radius 1 is 1.27 bits per heavy atom. The Balaban J connectivity index is 2.11. The van der Waals surface area contributed by atoms with Gasteiger partial charge >= 0.3 is 0 Å². The molecule has 1 unspecified atom stereocenters. The van der Waals surface area contributed by atoms with Crippen LogP contribution in [0.5, 0.6) is 0 Å². The first-order valence-electron chi connectivity index (χ1n) is 6.14. The van der Waals surface area contributed by atoms with E-state index in [4.69, 9.17) is 0 Å². The van der Waals surface area contributed by atoms with Gasteiger partial charge in [0.2, 0.25) is 0 Å². The number of rotatable bonds is 1. The molecule has 2 atom stereocenters. The van der Waals surface area contributed by atoms with Crippen LogP contribution in [0.2, 0.25) is 0 Å². The summed E-state index contributed by atoms with van der Waals surface area (Å²) in [6.45, 7) is 0. The number of fused-ring (bicyclic) bond motifs is 3. The first-order chi connectivity index (χ1) is 7.37. The van der Waals surface area contributed by atoms with Gasteiger partial charge in [-0.15, -0.1) is 0 Å². The zero-order chi connectivity index (χ0) is 10.3. The minimum absolute atomic E-state index is 0.314. The van der Waals surface area contributed by atoms with Crippen LogP contribution in [-0.2, 0) is 12.0 Å². The van der Waals surface area contributed by atoms with Crippen molar-refractivity contribution in [3.63, 3.8) is 0 Å². The van der Waals surface area contributed by atoms with Crippen molar-refractivity contribution in [2.75, 3.05) is 7.05 Å². The SMILES string of the molecule is CN[C@]12CCCCC1Cc1ccccc12. The Hall–Kier alpha value is -0.820. The van der Waals surface area contributed by atoms with E-state index < -0.39 is 0 Å². The molecule has 1 aromatic carbocycles. The van der Waals surface area contributed by atoms with Gasteiger partial charge in [-0.3, -0.25) is 0 Å². The van der Waals surface area contributed by atoms with E-state index in [-0.39, 0.29) is 0 Å².